The Bertz CT molecular complexity index is 1240. The van der Waals surface area contributed by atoms with E-state index in [0.29, 0.717) is 38.0 Å². The maximum absolute atomic E-state index is 13.2. The predicted molar refractivity (Wildman–Crippen MR) is 131 cm³/mol. The number of rotatable bonds is 6. The minimum Gasteiger partial charge on any atom is -0.492 e. The van der Waals surface area contributed by atoms with E-state index >= 15 is 0 Å². The SMILES string of the molecule is C[C@@H]1C(=O)N(C)CCN1CCOc1ccc(C2CCN(c3ccc4nnc(C(F)(F)F)n4n3)CC2)cc1. The number of piperidine rings is 1. The van der Waals surface area contributed by atoms with Crippen LogP contribution in [0.4, 0.5) is 19.0 Å². The highest BCUT2D eigenvalue weighted by Gasteiger charge is 2.38. The number of fused-ring (bicyclic) bond motifs is 1. The second-order valence-corrected chi connectivity index (χ2v) is 9.63. The van der Waals surface area contributed by atoms with Crippen LogP contribution in [0.5, 0.6) is 5.75 Å². The van der Waals surface area contributed by atoms with Crippen molar-refractivity contribution >= 4 is 17.4 Å². The number of carbonyl (C=O) groups is 1. The Morgan fingerprint density at radius 1 is 1.00 bits per heavy atom. The van der Waals surface area contributed by atoms with Gasteiger partial charge in [-0.25, -0.2) is 0 Å². The van der Waals surface area contributed by atoms with E-state index in [1.807, 2.05) is 31.0 Å². The van der Waals surface area contributed by atoms with Crippen LogP contribution in [-0.4, -0.2) is 87.9 Å². The fourth-order valence-corrected chi connectivity index (χ4v) is 5.05. The van der Waals surface area contributed by atoms with E-state index in [4.69, 9.17) is 4.74 Å². The molecule has 2 fully saturated rings. The summed E-state index contributed by atoms with van der Waals surface area (Å²) >= 11 is 0. The minimum atomic E-state index is -4.62. The fourth-order valence-electron chi connectivity index (χ4n) is 5.05. The van der Waals surface area contributed by atoms with Gasteiger partial charge in [0.1, 0.15) is 18.2 Å². The van der Waals surface area contributed by atoms with Gasteiger partial charge in [-0.05, 0) is 55.5 Å². The van der Waals surface area contributed by atoms with Crippen molar-refractivity contribution in [3.8, 4) is 5.75 Å². The van der Waals surface area contributed by atoms with Gasteiger partial charge in [0.2, 0.25) is 5.91 Å². The van der Waals surface area contributed by atoms with E-state index < -0.39 is 12.0 Å². The molecule has 12 heteroatoms. The normalized spacial score (nSPS) is 20.1. The number of likely N-dealkylation sites (N-methyl/N-ethyl adjacent to an activating group) is 1. The molecule has 4 heterocycles. The van der Waals surface area contributed by atoms with Gasteiger partial charge in [0.15, 0.2) is 5.65 Å². The van der Waals surface area contributed by atoms with E-state index in [2.05, 4.69) is 32.3 Å². The Kier molecular flexibility index (Phi) is 6.93. The molecule has 0 N–H and O–H groups in total. The Labute approximate surface area is 212 Å². The van der Waals surface area contributed by atoms with Crippen LogP contribution in [0.25, 0.3) is 5.65 Å². The third-order valence-electron chi connectivity index (χ3n) is 7.32. The molecule has 3 aromatic rings. The number of piperazine rings is 1. The Morgan fingerprint density at radius 3 is 2.43 bits per heavy atom. The lowest BCUT2D eigenvalue weighted by Gasteiger charge is -2.37. The molecule has 2 aromatic heterocycles. The van der Waals surface area contributed by atoms with Crippen LogP contribution in [0.15, 0.2) is 36.4 Å². The number of hydrogen-bond donors (Lipinski definition) is 0. The number of hydrogen-bond acceptors (Lipinski definition) is 7. The first-order valence-electron chi connectivity index (χ1n) is 12.5. The van der Waals surface area contributed by atoms with Crippen molar-refractivity contribution in [2.75, 3.05) is 51.3 Å². The van der Waals surface area contributed by atoms with Gasteiger partial charge < -0.3 is 14.5 Å². The third kappa shape index (κ3) is 5.34. The van der Waals surface area contributed by atoms with E-state index in [0.717, 1.165) is 36.2 Å². The Balaban J connectivity index is 1.13. The van der Waals surface area contributed by atoms with Crippen LogP contribution in [0.1, 0.15) is 37.1 Å². The molecule has 1 amide bonds. The zero-order valence-corrected chi connectivity index (χ0v) is 20.9. The van der Waals surface area contributed by atoms with Crippen molar-refractivity contribution in [1.82, 2.24) is 29.6 Å². The molecule has 2 saturated heterocycles. The summed E-state index contributed by atoms with van der Waals surface area (Å²) in [5, 5.41) is 11.0. The number of amides is 1. The third-order valence-corrected chi connectivity index (χ3v) is 7.32. The van der Waals surface area contributed by atoms with Crippen LogP contribution < -0.4 is 9.64 Å². The number of carbonyl (C=O) groups excluding carboxylic acids is 1. The average molecular weight is 518 g/mol. The largest absolute Gasteiger partial charge is 0.492 e. The first-order chi connectivity index (χ1) is 17.7. The van der Waals surface area contributed by atoms with Crippen molar-refractivity contribution in [2.45, 2.75) is 37.9 Å². The maximum atomic E-state index is 13.2. The molecule has 0 saturated carbocycles. The van der Waals surface area contributed by atoms with Crippen molar-refractivity contribution in [3.63, 3.8) is 0 Å². The molecule has 5 rings (SSSR count). The molecule has 2 aliphatic rings. The number of ether oxygens (including phenoxy) is 1. The highest BCUT2D eigenvalue weighted by molar-refractivity contribution is 5.81. The van der Waals surface area contributed by atoms with Crippen molar-refractivity contribution < 1.29 is 22.7 Å². The molecule has 0 radical (unpaired) electrons. The fraction of sp³-hybridized carbons (Fsp3) is 0.520. The average Bonchev–Trinajstić information content (AvgIpc) is 3.33. The molecule has 37 heavy (non-hydrogen) atoms. The topological polar surface area (TPSA) is 79.1 Å². The van der Waals surface area contributed by atoms with Crippen molar-refractivity contribution in [2.24, 2.45) is 0 Å². The number of anilines is 1. The summed E-state index contributed by atoms with van der Waals surface area (Å²) in [7, 11) is 1.83. The molecule has 0 unspecified atom stereocenters. The number of benzene rings is 1. The molecule has 9 nitrogen and oxygen atoms in total. The lowest BCUT2D eigenvalue weighted by atomic mass is 9.89. The summed E-state index contributed by atoms with van der Waals surface area (Å²) in [4.78, 5) is 18.0. The van der Waals surface area contributed by atoms with Gasteiger partial charge in [0, 0.05) is 39.8 Å². The van der Waals surface area contributed by atoms with Crippen molar-refractivity contribution in [3.05, 3.63) is 47.8 Å². The highest BCUT2D eigenvalue weighted by atomic mass is 19.4. The number of alkyl halides is 3. The van der Waals surface area contributed by atoms with Crippen LogP contribution in [0.3, 0.4) is 0 Å². The first-order valence-corrected chi connectivity index (χ1v) is 12.5. The molecule has 0 aliphatic carbocycles. The Hall–Kier alpha value is -3.41. The van der Waals surface area contributed by atoms with Gasteiger partial charge >= 0.3 is 6.18 Å². The highest BCUT2D eigenvalue weighted by Crippen LogP contribution is 2.32. The lowest BCUT2D eigenvalue weighted by Crippen LogP contribution is -2.55. The second kappa shape index (κ2) is 10.2. The van der Waals surface area contributed by atoms with E-state index in [1.165, 1.54) is 11.6 Å². The first kappa shape index (κ1) is 25.2. The zero-order valence-electron chi connectivity index (χ0n) is 20.9. The van der Waals surface area contributed by atoms with Gasteiger partial charge in [-0.1, -0.05) is 12.1 Å². The molecule has 1 aromatic carbocycles. The molecule has 2 aliphatic heterocycles. The van der Waals surface area contributed by atoms with Gasteiger partial charge in [-0.3, -0.25) is 9.69 Å². The van der Waals surface area contributed by atoms with E-state index in [-0.39, 0.29) is 17.6 Å². The molecular weight excluding hydrogens is 487 g/mol. The summed E-state index contributed by atoms with van der Waals surface area (Å²) in [6.07, 6.45) is -2.89. The maximum Gasteiger partial charge on any atom is 0.453 e. The second-order valence-electron chi connectivity index (χ2n) is 9.63. The molecule has 198 valence electrons. The van der Waals surface area contributed by atoms with Gasteiger partial charge in [0.05, 0.1) is 6.04 Å². The predicted octanol–water partition coefficient (Wildman–Crippen LogP) is 3.07. The van der Waals surface area contributed by atoms with Gasteiger partial charge in [0.25, 0.3) is 5.82 Å². The van der Waals surface area contributed by atoms with Gasteiger partial charge in [-0.2, -0.15) is 17.7 Å². The Morgan fingerprint density at radius 2 is 1.73 bits per heavy atom. The summed E-state index contributed by atoms with van der Waals surface area (Å²) in [5.41, 5.74) is 1.28. The quantitative estimate of drug-likeness (QED) is 0.497. The molecule has 1 atom stereocenters. The van der Waals surface area contributed by atoms with E-state index in [1.54, 1.807) is 11.0 Å². The van der Waals surface area contributed by atoms with Crippen LogP contribution in [0, 0.1) is 0 Å². The summed E-state index contributed by atoms with van der Waals surface area (Å²) in [6.45, 7) is 6.09. The summed E-state index contributed by atoms with van der Waals surface area (Å²) < 4.78 is 46.3. The summed E-state index contributed by atoms with van der Waals surface area (Å²) in [5.74, 6) is 0.653. The smallest absolute Gasteiger partial charge is 0.453 e. The lowest BCUT2D eigenvalue weighted by molar-refractivity contribution is -0.146. The zero-order chi connectivity index (χ0) is 26.2. The van der Waals surface area contributed by atoms with Crippen LogP contribution >= 0.6 is 0 Å². The molecule has 0 bridgehead atoms. The van der Waals surface area contributed by atoms with Gasteiger partial charge in [-0.15, -0.1) is 15.3 Å². The number of nitrogens with zero attached hydrogens (tertiary/aromatic N) is 7. The van der Waals surface area contributed by atoms with Crippen LogP contribution in [-0.2, 0) is 11.0 Å². The monoisotopic (exact) mass is 517 g/mol. The van der Waals surface area contributed by atoms with Crippen LogP contribution in [0.2, 0.25) is 0 Å². The standard InChI is InChI=1S/C25H30F3N7O2/c1-17-23(36)32(2)13-14-33(17)15-16-37-20-5-3-18(4-6-20)19-9-11-34(12-10-19)22-8-7-21-29-30-24(25(26,27)28)35(21)31-22/h3-8,17,19H,9-16H2,1-2H3/t17-/m1/s1. The molecular formula is C25H30F3N7O2. The van der Waals surface area contributed by atoms with E-state index in [9.17, 15) is 18.0 Å². The number of aromatic nitrogens is 4. The molecule has 0 spiro atoms. The van der Waals surface area contributed by atoms with Crippen molar-refractivity contribution in [1.29, 1.82) is 0 Å². The summed E-state index contributed by atoms with van der Waals surface area (Å²) in [6, 6.07) is 11.2. The minimum absolute atomic E-state index is 0.0693. The number of halogens is 3.